The normalized spacial score (nSPS) is 23.6. The molecule has 1 aliphatic rings. The van der Waals surface area contributed by atoms with Gasteiger partial charge in [0.25, 0.3) is 0 Å². The number of hydrogen-bond acceptors (Lipinski definition) is 3. The van der Waals surface area contributed by atoms with Crippen molar-refractivity contribution >= 4 is 5.97 Å². The van der Waals surface area contributed by atoms with Gasteiger partial charge < -0.3 is 9.47 Å². The standard InChI is InChI=1S/C9H16O3/c1-11-9(10)6-5-8-4-2-3-7-12-8/h8H,2-7H2,1H3/t8-/m1/s1. The van der Waals surface area contributed by atoms with E-state index in [1.165, 1.54) is 13.5 Å². The number of esters is 1. The summed E-state index contributed by atoms with van der Waals surface area (Å²) in [6.07, 6.45) is 5.07. The number of hydrogen-bond donors (Lipinski definition) is 0. The Morgan fingerprint density at radius 2 is 2.42 bits per heavy atom. The van der Waals surface area contributed by atoms with E-state index in [0.717, 1.165) is 25.9 Å². The second-order valence-corrected chi connectivity index (χ2v) is 3.10. The van der Waals surface area contributed by atoms with Gasteiger partial charge in [-0.05, 0) is 25.7 Å². The summed E-state index contributed by atoms with van der Waals surface area (Å²) >= 11 is 0. The van der Waals surface area contributed by atoms with Gasteiger partial charge in [-0.3, -0.25) is 4.79 Å². The van der Waals surface area contributed by atoms with Crippen molar-refractivity contribution in [1.29, 1.82) is 0 Å². The molecule has 0 bridgehead atoms. The van der Waals surface area contributed by atoms with Crippen LogP contribution in [0, 0.1) is 0 Å². The molecule has 1 aliphatic heterocycles. The van der Waals surface area contributed by atoms with Crippen molar-refractivity contribution in [1.82, 2.24) is 0 Å². The Labute approximate surface area is 73.0 Å². The molecule has 70 valence electrons. The maximum Gasteiger partial charge on any atom is 0.305 e. The fourth-order valence-electron chi connectivity index (χ4n) is 1.42. The van der Waals surface area contributed by atoms with Crippen molar-refractivity contribution < 1.29 is 14.3 Å². The molecule has 1 saturated heterocycles. The highest BCUT2D eigenvalue weighted by molar-refractivity contribution is 5.69. The van der Waals surface area contributed by atoms with E-state index < -0.39 is 0 Å². The van der Waals surface area contributed by atoms with Crippen LogP contribution in [0.5, 0.6) is 0 Å². The molecule has 0 spiro atoms. The first-order valence-electron chi connectivity index (χ1n) is 4.51. The van der Waals surface area contributed by atoms with Crippen LogP contribution in [0.1, 0.15) is 32.1 Å². The molecule has 0 amide bonds. The van der Waals surface area contributed by atoms with Gasteiger partial charge in [-0.1, -0.05) is 0 Å². The van der Waals surface area contributed by atoms with Crippen molar-refractivity contribution in [2.24, 2.45) is 0 Å². The van der Waals surface area contributed by atoms with Crippen LogP contribution in [0.25, 0.3) is 0 Å². The Hall–Kier alpha value is -0.570. The van der Waals surface area contributed by atoms with E-state index in [0.29, 0.717) is 6.42 Å². The van der Waals surface area contributed by atoms with Gasteiger partial charge in [0.15, 0.2) is 0 Å². The molecule has 0 aromatic rings. The Kier molecular flexibility index (Phi) is 4.08. The van der Waals surface area contributed by atoms with E-state index in [1.807, 2.05) is 0 Å². The van der Waals surface area contributed by atoms with Gasteiger partial charge >= 0.3 is 5.97 Å². The van der Waals surface area contributed by atoms with Crippen molar-refractivity contribution in [3.05, 3.63) is 0 Å². The highest BCUT2D eigenvalue weighted by atomic mass is 16.5. The van der Waals surface area contributed by atoms with Crippen molar-refractivity contribution in [2.45, 2.75) is 38.2 Å². The molecule has 3 nitrogen and oxygen atoms in total. The first-order chi connectivity index (χ1) is 5.83. The average Bonchev–Trinajstić information content (AvgIpc) is 2.16. The summed E-state index contributed by atoms with van der Waals surface area (Å²) in [4.78, 5) is 10.8. The SMILES string of the molecule is COC(=O)CC[C@H]1CCCCO1. The van der Waals surface area contributed by atoms with Crippen molar-refractivity contribution in [3.8, 4) is 0 Å². The molecule has 3 heteroatoms. The molecule has 0 aromatic heterocycles. The van der Waals surface area contributed by atoms with E-state index in [9.17, 15) is 4.79 Å². The maximum absolute atomic E-state index is 10.8. The predicted octanol–water partition coefficient (Wildman–Crippen LogP) is 1.51. The van der Waals surface area contributed by atoms with Crippen LogP contribution in [0.2, 0.25) is 0 Å². The first kappa shape index (κ1) is 9.52. The van der Waals surface area contributed by atoms with E-state index in [4.69, 9.17) is 4.74 Å². The highest BCUT2D eigenvalue weighted by Crippen LogP contribution is 2.16. The Morgan fingerprint density at radius 3 is 3.00 bits per heavy atom. The third-order valence-electron chi connectivity index (χ3n) is 2.17. The lowest BCUT2D eigenvalue weighted by atomic mass is 10.1. The summed E-state index contributed by atoms with van der Waals surface area (Å²) in [5, 5.41) is 0. The molecule has 1 fully saturated rings. The zero-order valence-corrected chi connectivity index (χ0v) is 7.54. The average molecular weight is 172 g/mol. The molecule has 0 saturated carbocycles. The van der Waals surface area contributed by atoms with Crippen LogP contribution in [0.15, 0.2) is 0 Å². The van der Waals surface area contributed by atoms with Crippen LogP contribution in [0.4, 0.5) is 0 Å². The molecule has 1 rings (SSSR count). The molecule has 0 radical (unpaired) electrons. The smallest absolute Gasteiger partial charge is 0.305 e. The monoisotopic (exact) mass is 172 g/mol. The largest absolute Gasteiger partial charge is 0.469 e. The number of methoxy groups -OCH3 is 1. The van der Waals surface area contributed by atoms with Gasteiger partial charge in [-0.15, -0.1) is 0 Å². The molecule has 1 atom stereocenters. The lowest BCUT2D eigenvalue weighted by molar-refractivity contribution is -0.141. The molecule has 0 aliphatic carbocycles. The third-order valence-corrected chi connectivity index (χ3v) is 2.17. The van der Waals surface area contributed by atoms with Gasteiger partial charge in [0.05, 0.1) is 13.2 Å². The first-order valence-corrected chi connectivity index (χ1v) is 4.51. The fraction of sp³-hybridized carbons (Fsp3) is 0.889. The summed E-state index contributed by atoms with van der Waals surface area (Å²) < 4.78 is 10.0. The summed E-state index contributed by atoms with van der Waals surface area (Å²) in [6.45, 7) is 0.853. The van der Waals surface area contributed by atoms with Gasteiger partial charge in [0, 0.05) is 13.0 Å². The Bertz CT molecular complexity index is 139. The lowest BCUT2D eigenvalue weighted by Crippen LogP contribution is -2.20. The summed E-state index contributed by atoms with van der Waals surface area (Å²) in [5.41, 5.74) is 0. The zero-order chi connectivity index (χ0) is 8.81. The number of carbonyl (C=O) groups is 1. The van der Waals surface area contributed by atoms with Crippen molar-refractivity contribution in [2.75, 3.05) is 13.7 Å². The minimum Gasteiger partial charge on any atom is -0.469 e. The molecule has 0 N–H and O–H groups in total. The van der Waals surface area contributed by atoms with Gasteiger partial charge in [-0.25, -0.2) is 0 Å². The second kappa shape index (κ2) is 5.14. The van der Waals surface area contributed by atoms with Crippen LogP contribution in [0.3, 0.4) is 0 Å². The second-order valence-electron chi connectivity index (χ2n) is 3.10. The molecular weight excluding hydrogens is 156 g/mol. The number of rotatable bonds is 3. The fourth-order valence-corrected chi connectivity index (χ4v) is 1.42. The molecule has 12 heavy (non-hydrogen) atoms. The van der Waals surface area contributed by atoms with Crippen LogP contribution in [-0.4, -0.2) is 25.8 Å². The van der Waals surface area contributed by atoms with Crippen LogP contribution < -0.4 is 0 Å². The predicted molar refractivity (Wildman–Crippen MR) is 44.8 cm³/mol. The maximum atomic E-state index is 10.8. The van der Waals surface area contributed by atoms with E-state index in [-0.39, 0.29) is 12.1 Å². The van der Waals surface area contributed by atoms with E-state index in [1.54, 1.807) is 0 Å². The van der Waals surface area contributed by atoms with E-state index in [2.05, 4.69) is 4.74 Å². The number of ether oxygens (including phenoxy) is 2. The van der Waals surface area contributed by atoms with E-state index >= 15 is 0 Å². The molecular formula is C9H16O3. The number of carbonyl (C=O) groups excluding carboxylic acids is 1. The minimum absolute atomic E-state index is 0.135. The Balaban J connectivity index is 2.09. The lowest BCUT2D eigenvalue weighted by Gasteiger charge is -2.21. The molecule has 1 heterocycles. The van der Waals surface area contributed by atoms with Crippen LogP contribution in [-0.2, 0) is 14.3 Å². The molecule has 0 unspecified atom stereocenters. The third kappa shape index (κ3) is 3.22. The zero-order valence-electron chi connectivity index (χ0n) is 7.54. The summed E-state index contributed by atoms with van der Waals surface area (Å²) in [5.74, 6) is -0.135. The van der Waals surface area contributed by atoms with Crippen LogP contribution >= 0.6 is 0 Å². The van der Waals surface area contributed by atoms with Crippen molar-refractivity contribution in [3.63, 3.8) is 0 Å². The topological polar surface area (TPSA) is 35.5 Å². The Morgan fingerprint density at radius 1 is 1.58 bits per heavy atom. The van der Waals surface area contributed by atoms with Gasteiger partial charge in [-0.2, -0.15) is 0 Å². The summed E-state index contributed by atoms with van der Waals surface area (Å²) in [7, 11) is 1.42. The quantitative estimate of drug-likeness (QED) is 0.605. The summed E-state index contributed by atoms with van der Waals surface area (Å²) in [6, 6.07) is 0. The van der Waals surface area contributed by atoms with Gasteiger partial charge in [0.1, 0.15) is 0 Å². The molecule has 0 aromatic carbocycles. The highest BCUT2D eigenvalue weighted by Gasteiger charge is 2.14. The van der Waals surface area contributed by atoms with Gasteiger partial charge in [0.2, 0.25) is 0 Å². The minimum atomic E-state index is -0.135.